The highest BCUT2D eigenvalue weighted by atomic mass is 32.2. The SMILES string of the molecule is N#CCCS/C(S)=C(/S)SCc1ccnc(-c2cc(CS/C(S)=C(/S)SCCC#N)ccn2)c1. The van der Waals surface area contributed by atoms with Gasteiger partial charge in [0.15, 0.2) is 0 Å². The molecule has 0 saturated carbocycles. The third kappa shape index (κ3) is 11.1. The van der Waals surface area contributed by atoms with Crippen molar-refractivity contribution in [1.29, 1.82) is 10.5 Å². The van der Waals surface area contributed by atoms with E-state index in [0.29, 0.717) is 24.3 Å². The molecule has 0 amide bonds. The molecule has 4 nitrogen and oxygen atoms in total. The largest absolute Gasteiger partial charge is 0.255 e. The second kappa shape index (κ2) is 17.1. The molecule has 0 saturated heterocycles. The summed E-state index contributed by atoms with van der Waals surface area (Å²) in [4.78, 5) is 9.00. The predicted molar refractivity (Wildman–Crippen MR) is 165 cm³/mol. The molecule has 0 aliphatic carbocycles. The normalized spacial score (nSPS) is 12.4. The first kappa shape index (κ1) is 29.8. The molecule has 178 valence electrons. The molecule has 2 aromatic rings. The molecule has 2 aromatic heterocycles. The van der Waals surface area contributed by atoms with Crippen LogP contribution in [0.1, 0.15) is 24.0 Å². The van der Waals surface area contributed by atoms with E-state index in [1.165, 1.54) is 23.5 Å². The molecule has 0 aliphatic rings. The zero-order chi connectivity index (χ0) is 24.8. The molecule has 0 aromatic carbocycles. The summed E-state index contributed by atoms with van der Waals surface area (Å²) in [6, 6.07) is 12.3. The summed E-state index contributed by atoms with van der Waals surface area (Å²) >= 11 is 24.3. The number of hydrogen-bond donors (Lipinski definition) is 4. The lowest BCUT2D eigenvalue weighted by Gasteiger charge is -2.08. The Morgan fingerprint density at radius 2 is 1.06 bits per heavy atom. The number of thioether (sulfide) groups is 4. The van der Waals surface area contributed by atoms with Crippen LogP contribution in [-0.4, -0.2) is 21.5 Å². The lowest BCUT2D eigenvalue weighted by atomic mass is 10.1. The highest BCUT2D eigenvalue weighted by Gasteiger charge is 2.08. The molecule has 0 N–H and O–H groups in total. The summed E-state index contributed by atoms with van der Waals surface area (Å²) < 4.78 is 3.34. The van der Waals surface area contributed by atoms with Gasteiger partial charge in [-0.05, 0) is 35.4 Å². The van der Waals surface area contributed by atoms with Crippen LogP contribution in [-0.2, 0) is 11.5 Å². The standard InChI is InChI=1S/C22H22N4S8/c23-5-1-9-31-19(27)21(29)33-13-15-3-7-25-17(11-15)18-12-16(4-8-26-18)14-34-22(30)20(28)32-10-2-6-24/h3-4,7-8,11-12,27-30H,1-2,9-10,13-14H2/b21-19-,22-20-. The first-order valence-corrected chi connectivity index (χ1v) is 15.6. The molecule has 12 heteroatoms. The second-order valence-electron chi connectivity index (χ2n) is 6.41. The van der Waals surface area contributed by atoms with Crippen molar-refractivity contribution in [3.8, 4) is 23.5 Å². The first-order chi connectivity index (χ1) is 16.4. The van der Waals surface area contributed by atoms with Crippen molar-refractivity contribution in [2.45, 2.75) is 24.3 Å². The fraction of sp³-hybridized carbons (Fsp3) is 0.273. The summed E-state index contributed by atoms with van der Waals surface area (Å²) in [7, 11) is 0. The minimum atomic E-state index is 0.488. The van der Waals surface area contributed by atoms with Gasteiger partial charge >= 0.3 is 0 Å². The molecule has 34 heavy (non-hydrogen) atoms. The van der Waals surface area contributed by atoms with E-state index in [1.54, 1.807) is 35.9 Å². The Morgan fingerprint density at radius 1 is 0.676 bits per heavy atom. The molecule has 2 heterocycles. The second-order valence-corrected chi connectivity index (χ2v) is 13.6. The third-order valence-corrected chi connectivity index (χ3v) is 11.3. The van der Waals surface area contributed by atoms with E-state index >= 15 is 0 Å². The van der Waals surface area contributed by atoms with Gasteiger partial charge < -0.3 is 0 Å². The Bertz CT molecular complexity index is 1020. The topological polar surface area (TPSA) is 73.4 Å². The number of pyridine rings is 2. The van der Waals surface area contributed by atoms with Gasteiger partial charge in [0.05, 0.1) is 40.5 Å². The molecule has 2 rings (SSSR count). The monoisotopic (exact) mass is 598 g/mol. The third-order valence-electron chi connectivity index (χ3n) is 3.93. The van der Waals surface area contributed by atoms with E-state index in [0.717, 1.165) is 51.0 Å². The highest BCUT2D eigenvalue weighted by molar-refractivity contribution is 8.21. The maximum atomic E-state index is 8.66. The summed E-state index contributed by atoms with van der Waals surface area (Å²) in [5.41, 5.74) is 3.85. The van der Waals surface area contributed by atoms with E-state index in [-0.39, 0.29) is 0 Å². The smallest absolute Gasteiger partial charge is 0.0889 e. The molecule has 0 fully saturated rings. The van der Waals surface area contributed by atoms with Gasteiger partial charge in [0.1, 0.15) is 0 Å². The minimum Gasteiger partial charge on any atom is -0.255 e. The van der Waals surface area contributed by atoms with Crippen molar-refractivity contribution >= 4 is 97.6 Å². The summed E-state index contributed by atoms with van der Waals surface area (Å²) in [6.07, 6.45) is 4.56. The van der Waals surface area contributed by atoms with E-state index < -0.39 is 0 Å². The minimum absolute atomic E-state index is 0.488. The van der Waals surface area contributed by atoms with Gasteiger partial charge in [0, 0.05) is 48.2 Å². The molecule has 0 atom stereocenters. The van der Waals surface area contributed by atoms with E-state index in [9.17, 15) is 0 Å². The Hall–Kier alpha value is -0.440. The van der Waals surface area contributed by atoms with Crippen LogP contribution in [0.2, 0.25) is 0 Å². The predicted octanol–water partition coefficient (Wildman–Crippen LogP) is 7.88. The summed E-state index contributed by atoms with van der Waals surface area (Å²) in [6.45, 7) is 0. The average molecular weight is 599 g/mol. The molecule has 0 aliphatic heterocycles. The summed E-state index contributed by atoms with van der Waals surface area (Å²) in [5.74, 6) is 2.88. The number of nitrogens with zero attached hydrogens (tertiary/aromatic N) is 4. The molecule has 0 unspecified atom stereocenters. The lowest BCUT2D eigenvalue weighted by Crippen LogP contribution is -1.92. The molecule has 0 radical (unpaired) electrons. The molecule has 0 bridgehead atoms. The van der Waals surface area contributed by atoms with Gasteiger partial charge in [0.2, 0.25) is 0 Å². The molecular weight excluding hydrogens is 577 g/mol. The van der Waals surface area contributed by atoms with Crippen molar-refractivity contribution in [2.24, 2.45) is 0 Å². The Balaban J connectivity index is 2.01. The summed E-state index contributed by atoms with van der Waals surface area (Å²) in [5, 5.41) is 17.3. The van der Waals surface area contributed by atoms with E-state index in [2.05, 4.69) is 72.6 Å². The fourth-order valence-corrected chi connectivity index (χ4v) is 7.00. The zero-order valence-corrected chi connectivity index (χ0v) is 24.8. The molecule has 0 spiro atoms. The molecular formula is C22H22N4S8. The van der Waals surface area contributed by atoms with Crippen molar-refractivity contribution in [1.82, 2.24) is 9.97 Å². The van der Waals surface area contributed by atoms with Crippen molar-refractivity contribution in [2.75, 3.05) is 11.5 Å². The Labute approximate surface area is 240 Å². The van der Waals surface area contributed by atoms with Crippen LogP contribution < -0.4 is 0 Å². The van der Waals surface area contributed by atoms with Crippen molar-refractivity contribution < 1.29 is 0 Å². The average Bonchev–Trinajstić information content (AvgIpc) is 2.86. The first-order valence-electron chi connectivity index (χ1n) is 9.84. The quantitative estimate of drug-likeness (QED) is 0.137. The van der Waals surface area contributed by atoms with Crippen LogP contribution in [0.25, 0.3) is 11.4 Å². The number of nitriles is 2. The lowest BCUT2D eigenvalue weighted by molar-refractivity contribution is 1.20. The Kier molecular flexibility index (Phi) is 15.0. The maximum absolute atomic E-state index is 8.66. The number of hydrogen-bond acceptors (Lipinski definition) is 12. The van der Waals surface area contributed by atoms with Crippen LogP contribution in [0, 0.1) is 22.7 Å². The fourth-order valence-electron chi connectivity index (χ4n) is 2.35. The van der Waals surface area contributed by atoms with Crippen LogP contribution in [0.15, 0.2) is 53.6 Å². The highest BCUT2D eigenvalue weighted by Crippen LogP contribution is 2.36. The van der Waals surface area contributed by atoms with E-state index in [1.807, 2.05) is 24.3 Å². The van der Waals surface area contributed by atoms with Gasteiger partial charge in [-0.15, -0.1) is 97.6 Å². The van der Waals surface area contributed by atoms with E-state index in [4.69, 9.17) is 10.5 Å². The van der Waals surface area contributed by atoms with Gasteiger partial charge in [-0.3, -0.25) is 9.97 Å². The van der Waals surface area contributed by atoms with Gasteiger partial charge in [-0.25, -0.2) is 0 Å². The number of thiol groups is 4. The maximum Gasteiger partial charge on any atom is 0.0889 e. The van der Waals surface area contributed by atoms with Gasteiger partial charge in [0.25, 0.3) is 0 Å². The van der Waals surface area contributed by atoms with Gasteiger partial charge in [-0.1, -0.05) is 0 Å². The van der Waals surface area contributed by atoms with Crippen molar-refractivity contribution in [3.05, 3.63) is 64.7 Å². The van der Waals surface area contributed by atoms with Gasteiger partial charge in [-0.2, -0.15) is 10.5 Å². The number of rotatable bonds is 13. The van der Waals surface area contributed by atoms with Crippen LogP contribution in [0.4, 0.5) is 0 Å². The zero-order valence-electron chi connectivity index (χ0n) is 17.9. The Morgan fingerprint density at radius 3 is 1.44 bits per heavy atom. The number of aromatic nitrogens is 2. The van der Waals surface area contributed by atoms with Crippen molar-refractivity contribution in [3.63, 3.8) is 0 Å². The van der Waals surface area contributed by atoms with Crippen LogP contribution >= 0.6 is 97.6 Å². The van der Waals surface area contributed by atoms with Crippen LogP contribution in [0.3, 0.4) is 0 Å². The van der Waals surface area contributed by atoms with Crippen LogP contribution in [0.5, 0.6) is 0 Å².